The fraction of sp³-hybridized carbons (Fsp3) is 0.300. The van der Waals surface area contributed by atoms with Crippen molar-refractivity contribution in [3.05, 3.63) is 29.8 Å². The molecular weight excluding hydrogens is 194 g/mol. The maximum absolute atomic E-state index is 11.2. The summed E-state index contributed by atoms with van der Waals surface area (Å²) in [4.78, 5) is 11.2. The molecule has 0 aliphatic heterocycles. The van der Waals surface area contributed by atoms with Crippen molar-refractivity contribution in [1.29, 1.82) is 0 Å². The highest BCUT2D eigenvalue weighted by Gasteiger charge is 2.11. The number of carbonyl (C=O) groups excluding carboxylic acids is 1. The van der Waals surface area contributed by atoms with Gasteiger partial charge in [-0.1, -0.05) is 18.2 Å². The summed E-state index contributed by atoms with van der Waals surface area (Å²) in [6.45, 7) is -0.0463. The standard InChI is InChI=1S/C10H15N3O2/c11-8-4-2-1-3-7(8)5-13-10(15)9(12)6-14/h1-4,9,14H,5-6,11-12H2,(H,13,15). The molecule has 0 aliphatic rings. The number of anilines is 1. The Morgan fingerprint density at radius 1 is 1.47 bits per heavy atom. The zero-order chi connectivity index (χ0) is 11.3. The fourth-order valence-electron chi connectivity index (χ4n) is 1.09. The number of aliphatic hydroxyl groups is 1. The second-order valence-corrected chi connectivity index (χ2v) is 3.21. The molecule has 1 unspecified atom stereocenters. The minimum absolute atomic E-state index is 0.319. The third-order valence-corrected chi connectivity index (χ3v) is 2.04. The Hall–Kier alpha value is -1.59. The number of para-hydroxylation sites is 1. The second kappa shape index (κ2) is 5.33. The monoisotopic (exact) mass is 209 g/mol. The van der Waals surface area contributed by atoms with Gasteiger partial charge in [-0.2, -0.15) is 0 Å². The number of benzene rings is 1. The van der Waals surface area contributed by atoms with Crippen molar-refractivity contribution in [2.24, 2.45) is 5.73 Å². The molecule has 1 amide bonds. The maximum Gasteiger partial charge on any atom is 0.239 e. The minimum Gasteiger partial charge on any atom is -0.398 e. The number of hydrogen-bond acceptors (Lipinski definition) is 4. The molecule has 5 nitrogen and oxygen atoms in total. The first-order chi connectivity index (χ1) is 7.15. The molecule has 15 heavy (non-hydrogen) atoms. The number of nitrogens with two attached hydrogens (primary N) is 2. The van der Waals surface area contributed by atoms with E-state index in [0.717, 1.165) is 5.56 Å². The van der Waals surface area contributed by atoms with Crippen molar-refractivity contribution >= 4 is 11.6 Å². The lowest BCUT2D eigenvalue weighted by molar-refractivity contribution is -0.123. The lowest BCUT2D eigenvalue weighted by atomic mass is 10.2. The first kappa shape index (κ1) is 11.5. The Morgan fingerprint density at radius 3 is 2.73 bits per heavy atom. The van der Waals surface area contributed by atoms with Crippen LogP contribution in [0, 0.1) is 0 Å². The van der Waals surface area contributed by atoms with E-state index < -0.39 is 6.04 Å². The summed E-state index contributed by atoms with van der Waals surface area (Å²) in [5, 5.41) is 11.2. The number of nitrogens with one attached hydrogen (secondary N) is 1. The molecule has 0 aromatic heterocycles. The molecule has 1 aromatic carbocycles. The Kier molecular flexibility index (Phi) is 4.08. The van der Waals surface area contributed by atoms with Gasteiger partial charge in [0.2, 0.25) is 5.91 Å². The fourth-order valence-corrected chi connectivity index (χ4v) is 1.09. The van der Waals surface area contributed by atoms with Crippen LogP contribution >= 0.6 is 0 Å². The van der Waals surface area contributed by atoms with Crippen LogP contribution in [0.1, 0.15) is 5.56 Å². The zero-order valence-corrected chi connectivity index (χ0v) is 8.31. The summed E-state index contributed by atoms with van der Waals surface area (Å²) in [5.74, 6) is -0.388. The molecule has 1 aromatic rings. The number of nitrogen functional groups attached to an aromatic ring is 1. The maximum atomic E-state index is 11.2. The summed E-state index contributed by atoms with van der Waals surface area (Å²) in [6.07, 6.45) is 0. The Morgan fingerprint density at radius 2 is 2.13 bits per heavy atom. The van der Waals surface area contributed by atoms with Crippen LogP contribution in [0.25, 0.3) is 0 Å². The SMILES string of the molecule is Nc1ccccc1CNC(=O)C(N)CO. The average molecular weight is 209 g/mol. The molecule has 0 saturated heterocycles. The summed E-state index contributed by atoms with van der Waals surface area (Å²) >= 11 is 0. The molecule has 1 rings (SSSR count). The van der Waals surface area contributed by atoms with Crippen LogP contribution < -0.4 is 16.8 Å². The molecule has 0 aliphatic carbocycles. The Bertz CT molecular complexity index is 341. The van der Waals surface area contributed by atoms with Crippen LogP contribution in [-0.2, 0) is 11.3 Å². The van der Waals surface area contributed by atoms with Crippen molar-refractivity contribution in [2.45, 2.75) is 12.6 Å². The largest absolute Gasteiger partial charge is 0.398 e. The highest BCUT2D eigenvalue weighted by molar-refractivity contribution is 5.81. The topological polar surface area (TPSA) is 101 Å². The van der Waals surface area contributed by atoms with E-state index >= 15 is 0 Å². The van der Waals surface area contributed by atoms with Gasteiger partial charge >= 0.3 is 0 Å². The van der Waals surface area contributed by atoms with Gasteiger partial charge in [-0.25, -0.2) is 0 Å². The molecule has 0 heterocycles. The van der Waals surface area contributed by atoms with Crippen LogP contribution in [0.2, 0.25) is 0 Å². The van der Waals surface area contributed by atoms with Gasteiger partial charge in [0.05, 0.1) is 6.61 Å². The van der Waals surface area contributed by atoms with Crippen LogP contribution in [-0.4, -0.2) is 23.7 Å². The minimum atomic E-state index is -0.880. The average Bonchev–Trinajstić information content (AvgIpc) is 2.26. The first-order valence-electron chi connectivity index (χ1n) is 4.62. The quantitative estimate of drug-likeness (QED) is 0.488. The summed E-state index contributed by atoms with van der Waals surface area (Å²) in [7, 11) is 0. The van der Waals surface area contributed by atoms with E-state index in [2.05, 4.69) is 5.32 Å². The molecule has 5 heteroatoms. The van der Waals surface area contributed by atoms with E-state index in [-0.39, 0.29) is 12.5 Å². The lowest BCUT2D eigenvalue weighted by Gasteiger charge is -2.10. The van der Waals surface area contributed by atoms with E-state index in [0.29, 0.717) is 12.2 Å². The van der Waals surface area contributed by atoms with Gasteiger partial charge in [0.1, 0.15) is 6.04 Å². The van der Waals surface area contributed by atoms with Gasteiger partial charge in [0, 0.05) is 12.2 Å². The van der Waals surface area contributed by atoms with Gasteiger partial charge < -0.3 is 21.9 Å². The third-order valence-electron chi connectivity index (χ3n) is 2.04. The van der Waals surface area contributed by atoms with Crippen LogP contribution in [0.3, 0.4) is 0 Å². The molecule has 0 saturated carbocycles. The van der Waals surface area contributed by atoms with E-state index in [4.69, 9.17) is 16.6 Å². The molecule has 6 N–H and O–H groups in total. The second-order valence-electron chi connectivity index (χ2n) is 3.21. The molecule has 1 atom stereocenters. The Balaban J connectivity index is 2.51. The number of carbonyl (C=O) groups is 1. The van der Waals surface area contributed by atoms with Crippen molar-refractivity contribution < 1.29 is 9.90 Å². The van der Waals surface area contributed by atoms with E-state index in [9.17, 15) is 4.79 Å². The van der Waals surface area contributed by atoms with Gasteiger partial charge in [0.25, 0.3) is 0 Å². The van der Waals surface area contributed by atoms with Crippen molar-refractivity contribution in [2.75, 3.05) is 12.3 Å². The van der Waals surface area contributed by atoms with E-state index in [1.807, 2.05) is 18.2 Å². The third kappa shape index (κ3) is 3.23. The van der Waals surface area contributed by atoms with Crippen LogP contribution in [0.5, 0.6) is 0 Å². The van der Waals surface area contributed by atoms with Crippen LogP contribution in [0.15, 0.2) is 24.3 Å². The predicted molar refractivity (Wildman–Crippen MR) is 57.8 cm³/mol. The van der Waals surface area contributed by atoms with Gasteiger partial charge in [-0.3, -0.25) is 4.79 Å². The smallest absolute Gasteiger partial charge is 0.239 e. The van der Waals surface area contributed by atoms with E-state index in [1.165, 1.54) is 0 Å². The van der Waals surface area contributed by atoms with Crippen LogP contribution in [0.4, 0.5) is 5.69 Å². The Labute approximate surface area is 88.1 Å². The number of rotatable bonds is 4. The van der Waals surface area contributed by atoms with Gasteiger partial charge in [-0.15, -0.1) is 0 Å². The number of amides is 1. The molecule has 0 radical (unpaired) electrons. The molecule has 0 bridgehead atoms. The first-order valence-corrected chi connectivity index (χ1v) is 4.62. The predicted octanol–water partition coefficient (Wildman–Crippen LogP) is -0.795. The normalized spacial score (nSPS) is 12.1. The number of hydrogen-bond donors (Lipinski definition) is 4. The van der Waals surface area contributed by atoms with Crippen molar-refractivity contribution in [3.8, 4) is 0 Å². The zero-order valence-electron chi connectivity index (χ0n) is 8.31. The van der Waals surface area contributed by atoms with Gasteiger partial charge in [0.15, 0.2) is 0 Å². The highest BCUT2D eigenvalue weighted by atomic mass is 16.3. The highest BCUT2D eigenvalue weighted by Crippen LogP contribution is 2.09. The van der Waals surface area contributed by atoms with Crippen molar-refractivity contribution in [3.63, 3.8) is 0 Å². The summed E-state index contributed by atoms with van der Waals surface area (Å²) in [5.41, 5.74) is 12.5. The number of aliphatic hydroxyl groups excluding tert-OH is 1. The molecule has 82 valence electrons. The summed E-state index contributed by atoms with van der Waals surface area (Å²) in [6, 6.07) is 6.35. The van der Waals surface area contributed by atoms with Gasteiger partial charge in [-0.05, 0) is 11.6 Å². The van der Waals surface area contributed by atoms with Crippen molar-refractivity contribution in [1.82, 2.24) is 5.32 Å². The molecular formula is C10H15N3O2. The molecule has 0 spiro atoms. The summed E-state index contributed by atoms with van der Waals surface area (Å²) < 4.78 is 0. The molecule has 0 fully saturated rings. The van der Waals surface area contributed by atoms with E-state index in [1.54, 1.807) is 6.07 Å². The lowest BCUT2D eigenvalue weighted by Crippen LogP contribution is -2.42.